The molecule has 2 aromatic carbocycles. The number of benzene rings is 2. The number of hydrogen-bond acceptors (Lipinski definition) is 10. The number of nitrogens with zero attached hydrogens (tertiary/aromatic N) is 4. The molecule has 13 heteroatoms. The number of amides is 1. The quantitative estimate of drug-likeness (QED) is 0.298. The molecule has 1 aliphatic rings. The Morgan fingerprint density at radius 1 is 1.07 bits per heavy atom. The van der Waals surface area contributed by atoms with Gasteiger partial charge >= 0.3 is 5.97 Å². The summed E-state index contributed by atoms with van der Waals surface area (Å²) in [4.78, 5) is 41.2. The molecule has 4 rings (SSSR count). The number of aliphatic hydroxyl groups is 1. The van der Waals surface area contributed by atoms with E-state index >= 15 is 0 Å². The minimum Gasteiger partial charge on any atom is -0.391 e. The van der Waals surface area contributed by atoms with Crippen LogP contribution in [0.1, 0.15) is 44.0 Å². The molecule has 12 nitrogen and oxygen atoms in total. The van der Waals surface area contributed by atoms with Crippen molar-refractivity contribution in [1.29, 1.82) is 0 Å². The lowest BCUT2D eigenvalue weighted by Crippen LogP contribution is -2.50. The van der Waals surface area contributed by atoms with Crippen LogP contribution >= 0.6 is 0 Å². The highest BCUT2D eigenvalue weighted by Crippen LogP contribution is 2.26. The van der Waals surface area contributed by atoms with E-state index < -0.39 is 33.5 Å². The van der Waals surface area contributed by atoms with Crippen LogP contribution in [0.25, 0.3) is 0 Å². The molecule has 3 N–H and O–H groups in total. The summed E-state index contributed by atoms with van der Waals surface area (Å²) in [7, 11) is -4.11. The maximum Gasteiger partial charge on any atom is 0.328 e. The highest BCUT2D eigenvalue weighted by Gasteiger charge is 2.38. The normalized spacial score (nSPS) is 17.5. The molecule has 0 unspecified atom stereocenters. The van der Waals surface area contributed by atoms with Crippen molar-refractivity contribution in [2.24, 2.45) is 0 Å². The molecule has 0 saturated carbocycles. The van der Waals surface area contributed by atoms with Gasteiger partial charge in [-0.05, 0) is 68.1 Å². The van der Waals surface area contributed by atoms with Crippen LogP contribution < -0.4 is 15.5 Å². The van der Waals surface area contributed by atoms with Gasteiger partial charge in [-0.25, -0.2) is 18.4 Å². The fourth-order valence-electron chi connectivity index (χ4n) is 4.45. The predicted octanol–water partition coefficient (Wildman–Crippen LogP) is 2.60. The Balaban J connectivity index is 1.33. The summed E-state index contributed by atoms with van der Waals surface area (Å²) in [6.07, 6.45) is 2.96. The molecule has 1 fully saturated rings. The number of hydrogen-bond donors (Lipinski definition) is 3. The third kappa shape index (κ3) is 7.81. The first-order valence-corrected chi connectivity index (χ1v) is 15.1. The average Bonchev–Trinajstić information content (AvgIpc) is 2.97. The van der Waals surface area contributed by atoms with Gasteiger partial charge in [0.05, 0.1) is 29.0 Å². The first kappa shape index (κ1) is 30.9. The molecule has 0 radical (unpaired) electrons. The van der Waals surface area contributed by atoms with Gasteiger partial charge in [0.15, 0.2) is 0 Å². The molecule has 2 atom stereocenters. The summed E-state index contributed by atoms with van der Waals surface area (Å²) >= 11 is 0. The Kier molecular flexibility index (Phi) is 9.76. The van der Waals surface area contributed by atoms with E-state index in [0.717, 1.165) is 5.69 Å². The average molecular weight is 597 g/mol. The smallest absolute Gasteiger partial charge is 0.328 e. The standard InChI is InChI=1S/C29H36N6O6S/c1-29(2,3)35(42(39,40)23-11-5-4-6-12-23)41-26(37)13-17-30-27(38)21-9-7-10-22(19-21)34-18-14-25(36)24(20-34)33-28-31-15-8-16-32-28/h4-12,15-16,19,24-25,36H,13-14,17-18,20H2,1-3H3,(H,30,38)(H,31,32,33)/t24-,25-/m1/s1. The number of rotatable bonds is 10. The van der Waals surface area contributed by atoms with Gasteiger partial charge < -0.3 is 25.5 Å². The van der Waals surface area contributed by atoms with Gasteiger partial charge in [-0.1, -0.05) is 24.3 Å². The topological polar surface area (TPSA) is 154 Å². The molecule has 224 valence electrons. The molecule has 1 amide bonds. The Morgan fingerprint density at radius 2 is 1.79 bits per heavy atom. The van der Waals surface area contributed by atoms with Gasteiger partial charge in [-0.3, -0.25) is 9.59 Å². The largest absolute Gasteiger partial charge is 0.391 e. The summed E-state index contributed by atoms with van der Waals surface area (Å²) in [5, 5.41) is 16.4. The van der Waals surface area contributed by atoms with Crippen LogP contribution in [-0.4, -0.2) is 77.2 Å². The molecule has 0 spiro atoms. The van der Waals surface area contributed by atoms with Crippen LogP contribution in [0.3, 0.4) is 0 Å². The highest BCUT2D eigenvalue weighted by atomic mass is 32.2. The summed E-state index contributed by atoms with van der Waals surface area (Å²) < 4.78 is 26.9. The van der Waals surface area contributed by atoms with Crippen LogP contribution in [0.4, 0.5) is 11.6 Å². The fourth-order valence-corrected chi connectivity index (χ4v) is 6.05. The molecule has 0 aliphatic carbocycles. The van der Waals surface area contributed by atoms with Crippen LogP contribution in [0, 0.1) is 0 Å². The van der Waals surface area contributed by atoms with Gasteiger partial charge in [-0.15, -0.1) is 0 Å². The molecule has 1 aromatic heterocycles. The Labute approximate surface area is 245 Å². The summed E-state index contributed by atoms with van der Waals surface area (Å²) in [6.45, 7) is 5.88. The lowest BCUT2D eigenvalue weighted by atomic mass is 10.0. The molecule has 2 heterocycles. The highest BCUT2D eigenvalue weighted by molar-refractivity contribution is 7.89. The van der Waals surface area contributed by atoms with E-state index in [4.69, 9.17) is 4.84 Å². The van der Waals surface area contributed by atoms with E-state index in [-0.39, 0.29) is 23.9 Å². The molecule has 3 aromatic rings. The minimum absolute atomic E-state index is 0.000347. The number of piperidine rings is 1. The van der Waals surface area contributed by atoms with Gasteiger partial charge in [0.2, 0.25) is 5.95 Å². The van der Waals surface area contributed by atoms with Gasteiger partial charge in [0.1, 0.15) is 0 Å². The number of hydroxylamine groups is 1. The SMILES string of the molecule is CC(C)(C)N(OC(=O)CCNC(=O)c1cccc(N2CC[C@@H](O)[C@H](Nc3ncccn3)C2)c1)S(=O)(=O)c1ccccc1. The molecule has 1 aliphatic heterocycles. The number of anilines is 2. The van der Waals surface area contributed by atoms with Crippen LogP contribution in [0.5, 0.6) is 0 Å². The lowest BCUT2D eigenvalue weighted by Gasteiger charge is -2.38. The van der Waals surface area contributed by atoms with Crippen LogP contribution in [0.15, 0.2) is 78.0 Å². The Morgan fingerprint density at radius 3 is 2.48 bits per heavy atom. The van der Waals surface area contributed by atoms with Crippen molar-refractivity contribution >= 4 is 33.5 Å². The van der Waals surface area contributed by atoms with Gasteiger partial charge in [0.25, 0.3) is 15.9 Å². The first-order chi connectivity index (χ1) is 19.9. The second-order valence-electron chi connectivity index (χ2n) is 10.9. The van der Waals surface area contributed by atoms with E-state index in [9.17, 15) is 23.1 Å². The third-order valence-electron chi connectivity index (χ3n) is 6.54. The lowest BCUT2D eigenvalue weighted by molar-refractivity contribution is -0.182. The predicted molar refractivity (Wildman–Crippen MR) is 157 cm³/mol. The second kappa shape index (κ2) is 13.3. The number of sulfonamides is 1. The summed E-state index contributed by atoms with van der Waals surface area (Å²) in [6, 6.07) is 16.2. The molecule has 42 heavy (non-hydrogen) atoms. The summed E-state index contributed by atoms with van der Waals surface area (Å²) in [5.41, 5.74) is 0.161. The second-order valence-corrected chi connectivity index (χ2v) is 12.6. The monoisotopic (exact) mass is 596 g/mol. The third-order valence-corrected chi connectivity index (χ3v) is 8.46. The first-order valence-electron chi connectivity index (χ1n) is 13.6. The van der Waals surface area contributed by atoms with E-state index in [0.29, 0.717) is 35.5 Å². The number of nitrogens with one attached hydrogen (secondary N) is 2. The molecular formula is C29H36N6O6S. The maximum atomic E-state index is 13.1. The van der Waals surface area contributed by atoms with Crippen molar-refractivity contribution in [2.75, 3.05) is 29.9 Å². The van der Waals surface area contributed by atoms with Crippen molar-refractivity contribution in [3.8, 4) is 0 Å². The van der Waals surface area contributed by atoms with E-state index in [1.165, 1.54) is 12.1 Å². The number of aromatic nitrogens is 2. The zero-order chi connectivity index (χ0) is 30.3. The molecular weight excluding hydrogens is 560 g/mol. The van der Waals surface area contributed by atoms with Crippen molar-refractivity contribution < 1.29 is 28.0 Å². The zero-order valence-corrected chi connectivity index (χ0v) is 24.6. The van der Waals surface area contributed by atoms with Gasteiger partial charge in [0, 0.05) is 43.3 Å². The minimum atomic E-state index is -4.11. The van der Waals surface area contributed by atoms with Gasteiger partial charge in [-0.2, -0.15) is 0 Å². The summed E-state index contributed by atoms with van der Waals surface area (Å²) in [5.74, 6) is -0.761. The number of carbonyl (C=O) groups excluding carboxylic acids is 2. The van der Waals surface area contributed by atoms with Crippen molar-refractivity contribution in [3.05, 3.63) is 78.6 Å². The van der Waals surface area contributed by atoms with E-state index in [2.05, 4.69) is 25.5 Å². The van der Waals surface area contributed by atoms with Crippen molar-refractivity contribution in [3.63, 3.8) is 0 Å². The molecule has 0 bridgehead atoms. The number of aliphatic hydroxyl groups excluding tert-OH is 1. The van der Waals surface area contributed by atoms with Crippen LogP contribution in [-0.2, 0) is 19.7 Å². The van der Waals surface area contributed by atoms with Crippen molar-refractivity contribution in [1.82, 2.24) is 19.8 Å². The van der Waals surface area contributed by atoms with E-state index in [1.807, 2.05) is 6.07 Å². The Hall–Kier alpha value is -4.07. The van der Waals surface area contributed by atoms with Crippen LogP contribution in [0.2, 0.25) is 0 Å². The van der Waals surface area contributed by atoms with E-state index in [1.54, 1.807) is 75.6 Å². The maximum absolute atomic E-state index is 13.1. The fraction of sp³-hybridized carbons (Fsp3) is 0.379. The molecule has 1 saturated heterocycles. The zero-order valence-electron chi connectivity index (χ0n) is 23.8. The van der Waals surface area contributed by atoms with Crippen molar-refractivity contribution in [2.45, 2.75) is 56.2 Å². The number of carbonyl (C=O) groups is 2. The Bertz CT molecular complexity index is 1470.